The first-order valence-electron chi connectivity index (χ1n) is 7.55. The van der Waals surface area contributed by atoms with Gasteiger partial charge in [0.05, 0.1) is 0 Å². The second-order valence-electron chi connectivity index (χ2n) is 5.36. The smallest absolute Gasteiger partial charge is 0.350 e. The van der Waals surface area contributed by atoms with Crippen molar-refractivity contribution < 1.29 is 45.9 Å². The van der Waals surface area contributed by atoms with Crippen LogP contribution in [0.2, 0.25) is 0 Å². The number of aryl methyl sites for hydroxylation is 1. The Hall–Kier alpha value is 1.07. The fourth-order valence-corrected chi connectivity index (χ4v) is 13.7. The molecule has 0 aliphatic carbocycles. The highest BCUT2D eigenvalue weighted by Gasteiger charge is 2.54. The molecule has 0 fully saturated rings. The summed E-state index contributed by atoms with van der Waals surface area (Å²) < 4.78 is 47.3. The first-order valence-corrected chi connectivity index (χ1v) is 17.4. The Morgan fingerprint density at radius 1 is 0.929 bits per heavy atom. The van der Waals surface area contributed by atoms with Crippen molar-refractivity contribution in [3.63, 3.8) is 0 Å². The van der Waals surface area contributed by atoms with Crippen molar-refractivity contribution in [2.75, 3.05) is 26.7 Å². The van der Waals surface area contributed by atoms with Crippen LogP contribution in [0.3, 0.4) is 0 Å². The van der Waals surface area contributed by atoms with Crippen LogP contribution in [0.25, 0.3) is 0 Å². The molecule has 4 unspecified atom stereocenters. The Morgan fingerprint density at radius 3 is 1.61 bits per heavy atom. The molecule has 12 nitrogen and oxygen atoms in total. The van der Waals surface area contributed by atoms with Crippen LogP contribution in [-0.2, 0) is 32.8 Å². The molecule has 4 atom stereocenters. The summed E-state index contributed by atoms with van der Waals surface area (Å²) in [7, 11) is -18.0. The second kappa shape index (κ2) is 12.2. The molecular weight excluding hydrogens is 494 g/mol. The summed E-state index contributed by atoms with van der Waals surface area (Å²) in [5.41, 5.74) is 0.596. The number of hydrogen-bond donors (Lipinski definition) is 5. The minimum Gasteiger partial charge on any atom is -0.350 e. The fraction of sp³-hybridized carbons (Fsp3) is 0.700. The second-order valence-corrected chi connectivity index (χ2v) is 15.5. The molecule has 28 heavy (non-hydrogen) atoms. The van der Waals surface area contributed by atoms with Gasteiger partial charge in [-0.3, -0.25) is 31.5 Å². The molecule has 0 saturated heterocycles. The minimum atomic E-state index is -4.49. The number of hydrogen-bond acceptors (Lipinski definition) is 11. The van der Waals surface area contributed by atoms with E-state index >= 15 is 0 Å². The van der Waals surface area contributed by atoms with Crippen molar-refractivity contribution in [3.05, 3.63) is 18.0 Å². The summed E-state index contributed by atoms with van der Waals surface area (Å²) in [6.07, 6.45) is 1.47. The van der Waals surface area contributed by atoms with E-state index < -0.39 is 54.1 Å². The summed E-state index contributed by atoms with van der Waals surface area (Å²) in [5.74, 6) is 0. The monoisotopic (exact) mass is 518 g/mol. The maximum absolute atomic E-state index is 13.5. The summed E-state index contributed by atoms with van der Waals surface area (Å²) in [6.45, 7) is 4.88. The molecule has 5 N–H and O–H groups in total. The predicted molar refractivity (Wildman–Crippen MR) is 111 cm³/mol. The third-order valence-electron chi connectivity index (χ3n) is 2.89. The van der Waals surface area contributed by atoms with Crippen molar-refractivity contribution in [2.24, 2.45) is 0 Å². The van der Waals surface area contributed by atoms with E-state index in [1.807, 2.05) is 0 Å². The largest absolute Gasteiger partial charge is 0.356 e. The zero-order valence-corrected chi connectivity index (χ0v) is 20.9. The minimum absolute atomic E-state index is 0.151. The van der Waals surface area contributed by atoms with Crippen molar-refractivity contribution in [3.8, 4) is 0 Å². The zero-order chi connectivity index (χ0) is 21.5. The number of nitrogens with zero attached hydrogens (tertiary/aromatic N) is 1. The molecule has 1 aromatic rings. The van der Waals surface area contributed by atoms with Gasteiger partial charge in [0.2, 0.25) is 0 Å². The fourth-order valence-electron chi connectivity index (χ4n) is 2.10. The topological polar surface area (TPSA) is 181 Å². The first-order chi connectivity index (χ1) is 12.9. The number of rotatable bonds is 13. The Morgan fingerprint density at radius 2 is 1.32 bits per heavy atom. The molecule has 1 aromatic heterocycles. The molecule has 0 aliphatic rings. The molecule has 0 amide bonds. The van der Waals surface area contributed by atoms with E-state index in [1.54, 1.807) is 6.07 Å². The van der Waals surface area contributed by atoms with Gasteiger partial charge in [0.25, 0.3) is 0 Å². The third kappa shape index (κ3) is 9.06. The van der Waals surface area contributed by atoms with E-state index in [2.05, 4.69) is 10.2 Å². The predicted octanol–water partition coefficient (Wildman–Crippen LogP) is 3.86. The summed E-state index contributed by atoms with van der Waals surface area (Å²) in [4.78, 5) is 38.7. The molecule has 0 spiro atoms. The summed E-state index contributed by atoms with van der Waals surface area (Å²) in [5, 5.41) is 4.83. The van der Waals surface area contributed by atoms with Gasteiger partial charge < -0.3 is 19.6 Å². The van der Waals surface area contributed by atoms with Gasteiger partial charge in [-0.2, -0.15) is 5.10 Å². The van der Waals surface area contributed by atoms with E-state index in [4.69, 9.17) is 17.2 Å². The Labute approximate surface area is 168 Å². The lowest BCUT2D eigenvalue weighted by molar-refractivity contribution is 0.347. The third-order valence-corrected chi connectivity index (χ3v) is 14.0. The van der Waals surface area contributed by atoms with E-state index in [9.17, 15) is 28.7 Å². The number of H-pyrrole nitrogens is 1. The van der Waals surface area contributed by atoms with Crippen molar-refractivity contribution in [1.82, 2.24) is 10.2 Å². The Balaban J connectivity index is 3.39. The van der Waals surface area contributed by atoms with Crippen molar-refractivity contribution in [1.29, 1.82) is 0 Å². The maximum Gasteiger partial charge on any atom is 0.356 e. The normalized spacial score (nSPS) is 21.9. The average molecular weight is 518 g/mol. The molecule has 1 heterocycles. The van der Waals surface area contributed by atoms with Crippen LogP contribution >= 0.6 is 48.7 Å². The van der Waals surface area contributed by atoms with Crippen LogP contribution in [0, 0.1) is 0 Å². The van der Waals surface area contributed by atoms with Crippen LogP contribution in [0.5, 0.6) is 0 Å². The van der Waals surface area contributed by atoms with E-state index in [0.717, 1.165) is 0 Å². The van der Waals surface area contributed by atoms with Crippen molar-refractivity contribution in [2.45, 2.75) is 18.2 Å². The number of nitrogens with one attached hydrogen (secondary N) is 1. The Kier molecular flexibility index (Phi) is 11.8. The van der Waals surface area contributed by atoms with E-state index in [1.165, 1.54) is 32.9 Å². The SMILES string of the molecule is CP(O)OP(=O)(OP(C)O)C(CCc1ccn[nH]1)P(=O)(OP(C)O)OP(C)O. The van der Waals surface area contributed by atoms with Gasteiger partial charge >= 0.3 is 15.2 Å². The molecule has 0 aromatic carbocycles. The average Bonchev–Trinajstić information content (AvgIpc) is 2.96. The summed E-state index contributed by atoms with van der Waals surface area (Å²) >= 11 is 0. The standard InChI is InChI=1S/C10H24N2O10P6/c1-23(13)19-27(17,20-24(2)14)10(6-5-9-7-8-11-12-9)28(18,21-25(3)15)22-26(4)16/h7-8,10,13-16H,5-6H2,1-4H3,(H,11,12). The van der Waals surface area contributed by atoms with Crippen LogP contribution in [-0.4, -0.2) is 61.8 Å². The molecule has 0 aliphatic heterocycles. The maximum atomic E-state index is 13.5. The molecule has 0 radical (unpaired) electrons. The molecular formula is C10H24N2O10P6. The zero-order valence-electron chi connectivity index (χ0n) is 15.5. The van der Waals surface area contributed by atoms with Gasteiger partial charge in [-0.15, -0.1) is 0 Å². The van der Waals surface area contributed by atoms with Crippen LogP contribution in [0.15, 0.2) is 12.3 Å². The highest BCUT2D eigenvalue weighted by molar-refractivity contribution is 7.82. The number of aromatic nitrogens is 2. The lowest BCUT2D eigenvalue weighted by Crippen LogP contribution is -2.15. The van der Waals surface area contributed by atoms with Gasteiger partial charge in [0, 0.05) is 38.6 Å². The van der Waals surface area contributed by atoms with Gasteiger partial charge in [-0.1, -0.05) is 0 Å². The van der Waals surface area contributed by atoms with Crippen LogP contribution in [0.4, 0.5) is 0 Å². The lowest BCUT2D eigenvalue weighted by Gasteiger charge is -2.33. The van der Waals surface area contributed by atoms with Gasteiger partial charge in [0.15, 0.2) is 38.9 Å². The van der Waals surface area contributed by atoms with Crippen molar-refractivity contribution >= 4 is 48.7 Å². The lowest BCUT2D eigenvalue weighted by atomic mass is 10.2. The Bertz CT molecular complexity index is 606. The molecule has 0 saturated carbocycles. The molecule has 18 heteroatoms. The highest BCUT2D eigenvalue weighted by Crippen LogP contribution is 2.80. The van der Waals surface area contributed by atoms with Gasteiger partial charge in [0.1, 0.15) is 0 Å². The van der Waals surface area contributed by atoms with Crippen LogP contribution in [0.1, 0.15) is 12.1 Å². The molecule has 0 bridgehead atoms. The molecule has 1 rings (SSSR count). The van der Waals surface area contributed by atoms with Gasteiger partial charge in [-0.05, 0) is 18.9 Å². The molecule has 164 valence electrons. The first kappa shape index (κ1) is 27.1. The van der Waals surface area contributed by atoms with Gasteiger partial charge in [-0.25, -0.2) is 0 Å². The number of aromatic amines is 1. The van der Waals surface area contributed by atoms with Crippen LogP contribution < -0.4 is 0 Å². The van der Waals surface area contributed by atoms with E-state index in [0.29, 0.717) is 5.69 Å². The quantitative estimate of drug-likeness (QED) is 0.239. The van der Waals surface area contributed by atoms with E-state index in [-0.39, 0.29) is 12.8 Å². The summed E-state index contributed by atoms with van der Waals surface area (Å²) in [6, 6.07) is 1.63. The highest BCUT2D eigenvalue weighted by atomic mass is 31.3.